The highest BCUT2D eigenvalue weighted by molar-refractivity contribution is 9.08. The molecule has 0 radical (unpaired) electrons. The number of hydrogen-bond acceptors (Lipinski definition) is 2. The van der Waals surface area contributed by atoms with E-state index < -0.39 is 0 Å². The third-order valence-electron chi connectivity index (χ3n) is 2.58. The molecule has 2 nitrogen and oxygen atoms in total. The van der Waals surface area contributed by atoms with Crippen LogP contribution in [-0.4, -0.2) is 12.8 Å². The number of benzene rings is 2. The Morgan fingerprint density at radius 3 is 2.44 bits per heavy atom. The van der Waals surface area contributed by atoms with Crippen LogP contribution < -0.4 is 0 Å². The zero-order valence-electron chi connectivity index (χ0n) is 10.1. The van der Waals surface area contributed by atoms with Crippen LogP contribution in [0.15, 0.2) is 59.8 Å². The summed E-state index contributed by atoms with van der Waals surface area (Å²) in [5, 5.41) is 4.97. The summed E-state index contributed by atoms with van der Waals surface area (Å²) in [6, 6.07) is 18.3. The number of alkyl halides is 1. The maximum Gasteiger partial charge on any atom is 0.117 e. The van der Waals surface area contributed by atoms with Gasteiger partial charge in [0.2, 0.25) is 0 Å². The van der Waals surface area contributed by atoms with Crippen molar-refractivity contribution < 1.29 is 4.84 Å². The lowest BCUT2D eigenvalue weighted by Gasteiger charge is -2.07. The number of hydrogen-bond donors (Lipinski definition) is 0. The summed E-state index contributed by atoms with van der Waals surface area (Å²) >= 11 is 3.46. The average Bonchev–Trinajstić information content (AvgIpc) is 2.46. The second-order valence-corrected chi connectivity index (χ2v) is 4.38. The maximum absolute atomic E-state index is 4.96. The monoisotopic (exact) mass is 303 g/mol. The van der Waals surface area contributed by atoms with Crippen LogP contribution in [0.3, 0.4) is 0 Å². The zero-order valence-corrected chi connectivity index (χ0v) is 11.7. The number of nitrogens with zero attached hydrogens (tertiary/aromatic N) is 1. The molecule has 0 unspecified atom stereocenters. The standard InChI is InChI=1S/C15H14BrNO/c1-18-17-15(13-7-3-2-4-8-13)14-9-5-6-12(10-14)11-16/h2-10H,11H2,1H3/b17-15+. The van der Waals surface area contributed by atoms with Gasteiger partial charge < -0.3 is 4.84 Å². The Bertz CT molecular complexity index is 537. The summed E-state index contributed by atoms with van der Waals surface area (Å²) in [7, 11) is 1.57. The highest BCUT2D eigenvalue weighted by Gasteiger charge is 2.07. The van der Waals surface area contributed by atoms with Crippen LogP contribution in [0.5, 0.6) is 0 Å². The van der Waals surface area contributed by atoms with Crippen LogP contribution in [0.25, 0.3) is 0 Å². The number of halogens is 1. The van der Waals surface area contributed by atoms with Crippen molar-refractivity contribution in [2.45, 2.75) is 5.33 Å². The van der Waals surface area contributed by atoms with Crippen LogP contribution in [0, 0.1) is 0 Å². The van der Waals surface area contributed by atoms with E-state index in [0.717, 1.165) is 22.2 Å². The minimum Gasteiger partial charge on any atom is -0.399 e. The largest absolute Gasteiger partial charge is 0.399 e. The molecule has 0 atom stereocenters. The topological polar surface area (TPSA) is 21.6 Å². The Hall–Kier alpha value is -1.61. The second kappa shape index (κ2) is 6.36. The van der Waals surface area contributed by atoms with E-state index in [-0.39, 0.29) is 0 Å². The van der Waals surface area contributed by atoms with Gasteiger partial charge in [-0.05, 0) is 11.6 Å². The molecule has 0 fully saturated rings. The fourth-order valence-electron chi connectivity index (χ4n) is 1.76. The minimum absolute atomic E-state index is 0.829. The number of oxime groups is 1. The quantitative estimate of drug-likeness (QED) is 0.475. The normalized spacial score (nSPS) is 11.3. The molecule has 0 amide bonds. The van der Waals surface area contributed by atoms with Crippen molar-refractivity contribution in [2.24, 2.45) is 5.16 Å². The van der Waals surface area contributed by atoms with Crippen LogP contribution in [-0.2, 0) is 10.2 Å². The average molecular weight is 304 g/mol. The van der Waals surface area contributed by atoms with Gasteiger partial charge in [0.05, 0.1) is 0 Å². The molecule has 18 heavy (non-hydrogen) atoms. The van der Waals surface area contributed by atoms with Gasteiger partial charge in [0.1, 0.15) is 12.8 Å². The molecule has 0 aliphatic carbocycles. The zero-order chi connectivity index (χ0) is 12.8. The molecule has 2 aromatic rings. The van der Waals surface area contributed by atoms with Crippen molar-refractivity contribution in [3.8, 4) is 0 Å². The molecule has 92 valence electrons. The van der Waals surface area contributed by atoms with E-state index in [4.69, 9.17) is 4.84 Å². The Morgan fingerprint density at radius 1 is 1.06 bits per heavy atom. The predicted octanol–water partition coefficient (Wildman–Crippen LogP) is 3.98. The Kier molecular flexibility index (Phi) is 4.53. The summed E-state index contributed by atoms with van der Waals surface area (Å²) in [6.07, 6.45) is 0. The van der Waals surface area contributed by atoms with Gasteiger partial charge in [-0.1, -0.05) is 69.6 Å². The molecule has 0 saturated heterocycles. The highest BCUT2D eigenvalue weighted by atomic mass is 79.9. The molecular weight excluding hydrogens is 290 g/mol. The first-order valence-electron chi connectivity index (χ1n) is 5.67. The molecule has 2 rings (SSSR count). The molecule has 0 spiro atoms. The van der Waals surface area contributed by atoms with E-state index in [9.17, 15) is 0 Å². The van der Waals surface area contributed by atoms with Crippen LogP contribution in [0.1, 0.15) is 16.7 Å². The van der Waals surface area contributed by atoms with Crippen molar-refractivity contribution in [2.75, 3.05) is 7.11 Å². The van der Waals surface area contributed by atoms with Gasteiger partial charge in [-0.25, -0.2) is 0 Å². The first kappa shape index (κ1) is 12.8. The SMILES string of the molecule is CO/N=C(\c1ccccc1)c1cccc(CBr)c1. The predicted molar refractivity (Wildman–Crippen MR) is 78.2 cm³/mol. The van der Waals surface area contributed by atoms with Gasteiger partial charge in [0.25, 0.3) is 0 Å². The first-order chi connectivity index (χ1) is 8.85. The van der Waals surface area contributed by atoms with Gasteiger partial charge in [-0.3, -0.25) is 0 Å². The Labute approximate surface area is 115 Å². The summed E-state index contributed by atoms with van der Waals surface area (Å²) in [5.41, 5.74) is 4.17. The molecule has 0 aliphatic heterocycles. The fraction of sp³-hybridized carbons (Fsp3) is 0.133. The lowest BCUT2D eigenvalue weighted by molar-refractivity contribution is 0.214. The van der Waals surface area contributed by atoms with E-state index in [1.165, 1.54) is 5.56 Å². The van der Waals surface area contributed by atoms with Gasteiger partial charge in [-0.2, -0.15) is 0 Å². The van der Waals surface area contributed by atoms with Crippen molar-refractivity contribution >= 4 is 21.6 Å². The Balaban J connectivity index is 2.45. The van der Waals surface area contributed by atoms with Crippen molar-refractivity contribution in [3.05, 3.63) is 71.3 Å². The van der Waals surface area contributed by atoms with E-state index in [0.29, 0.717) is 0 Å². The lowest BCUT2D eigenvalue weighted by Crippen LogP contribution is -2.04. The Morgan fingerprint density at radius 2 is 1.78 bits per heavy atom. The fourth-order valence-corrected chi connectivity index (χ4v) is 2.11. The van der Waals surface area contributed by atoms with Crippen molar-refractivity contribution in [1.29, 1.82) is 0 Å². The molecule has 3 heteroatoms. The maximum atomic E-state index is 4.96. The molecule has 2 aromatic carbocycles. The van der Waals surface area contributed by atoms with Crippen LogP contribution in [0.4, 0.5) is 0 Å². The van der Waals surface area contributed by atoms with Gasteiger partial charge in [-0.15, -0.1) is 0 Å². The third kappa shape index (κ3) is 2.99. The molecule has 0 N–H and O–H groups in total. The van der Waals surface area contributed by atoms with Crippen LogP contribution in [0.2, 0.25) is 0 Å². The van der Waals surface area contributed by atoms with Gasteiger partial charge in [0.15, 0.2) is 0 Å². The number of rotatable bonds is 4. The third-order valence-corrected chi connectivity index (χ3v) is 3.23. The first-order valence-corrected chi connectivity index (χ1v) is 6.79. The summed E-state index contributed by atoms with van der Waals surface area (Å²) in [4.78, 5) is 4.96. The smallest absolute Gasteiger partial charge is 0.117 e. The summed E-state index contributed by atoms with van der Waals surface area (Å²) in [6.45, 7) is 0. The molecule has 0 saturated carbocycles. The molecule has 0 heterocycles. The van der Waals surface area contributed by atoms with E-state index in [2.05, 4.69) is 33.2 Å². The van der Waals surface area contributed by atoms with Crippen molar-refractivity contribution in [1.82, 2.24) is 0 Å². The van der Waals surface area contributed by atoms with Crippen molar-refractivity contribution in [3.63, 3.8) is 0 Å². The van der Waals surface area contributed by atoms with Gasteiger partial charge >= 0.3 is 0 Å². The van der Waals surface area contributed by atoms with E-state index in [1.54, 1.807) is 7.11 Å². The summed E-state index contributed by atoms with van der Waals surface area (Å²) in [5.74, 6) is 0. The van der Waals surface area contributed by atoms with E-state index in [1.807, 2.05) is 42.5 Å². The van der Waals surface area contributed by atoms with E-state index >= 15 is 0 Å². The summed E-state index contributed by atoms with van der Waals surface area (Å²) < 4.78 is 0. The highest BCUT2D eigenvalue weighted by Crippen LogP contribution is 2.14. The van der Waals surface area contributed by atoms with Gasteiger partial charge in [0, 0.05) is 16.5 Å². The minimum atomic E-state index is 0.829. The van der Waals surface area contributed by atoms with Crippen LogP contribution >= 0.6 is 15.9 Å². The second-order valence-electron chi connectivity index (χ2n) is 3.82. The molecular formula is C15H14BrNO. The lowest BCUT2D eigenvalue weighted by atomic mass is 10.0. The molecule has 0 bridgehead atoms. The molecule has 0 aliphatic rings. The molecule has 0 aromatic heterocycles.